The minimum atomic E-state index is 0.0322. The molecule has 0 unspecified atom stereocenters. The monoisotopic (exact) mass is 337 g/mol. The number of aromatic nitrogens is 1. The summed E-state index contributed by atoms with van der Waals surface area (Å²) in [6, 6.07) is 1.93. The Balaban J connectivity index is 1.60. The van der Waals surface area contributed by atoms with E-state index in [1.807, 2.05) is 11.0 Å². The van der Waals surface area contributed by atoms with Crippen molar-refractivity contribution in [3.63, 3.8) is 0 Å². The third-order valence-corrected chi connectivity index (χ3v) is 5.13. The minimum Gasteiger partial charge on any atom is -0.377 e. The number of halogens is 1. The predicted molar refractivity (Wildman–Crippen MR) is 90.8 cm³/mol. The van der Waals surface area contributed by atoms with Crippen molar-refractivity contribution in [1.29, 1.82) is 0 Å². The molecule has 2 aliphatic rings. The van der Waals surface area contributed by atoms with Gasteiger partial charge in [0, 0.05) is 45.2 Å². The van der Waals surface area contributed by atoms with Gasteiger partial charge >= 0.3 is 0 Å². The van der Waals surface area contributed by atoms with Gasteiger partial charge in [0.1, 0.15) is 0 Å². The molecule has 2 aliphatic heterocycles. The quantitative estimate of drug-likeness (QED) is 0.850. The fourth-order valence-electron chi connectivity index (χ4n) is 3.55. The number of hydrogen-bond acceptors (Lipinski definition) is 4. The van der Waals surface area contributed by atoms with E-state index < -0.39 is 0 Å². The number of carbonyl (C=O) groups is 1. The van der Waals surface area contributed by atoms with Crippen molar-refractivity contribution < 1.29 is 9.53 Å². The van der Waals surface area contributed by atoms with Gasteiger partial charge in [-0.3, -0.25) is 9.78 Å². The number of rotatable bonds is 3. The topological polar surface area (TPSA) is 45.7 Å². The maximum absolute atomic E-state index is 12.8. The van der Waals surface area contributed by atoms with Gasteiger partial charge in [-0.15, -0.1) is 0 Å². The Morgan fingerprint density at radius 3 is 2.87 bits per heavy atom. The number of pyridine rings is 1. The van der Waals surface area contributed by atoms with Crippen molar-refractivity contribution >= 4 is 23.2 Å². The highest BCUT2D eigenvalue weighted by Gasteiger charge is 2.34. The summed E-state index contributed by atoms with van der Waals surface area (Å²) in [5.41, 5.74) is 1.00. The lowest BCUT2D eigenvalue weighted by Crippen LogP contribution is -2.52. The van der Waals surface area contributed by atoms with Crippen molar-refractivity contribution in [2.75, 3.05) is 37.7 Å². The van der Waals surface area contributed by atoms with Crippen molar-refractivity contribution in [2.24, 2.45) is 5.92 Å². The summed E-state index contributed by atoms with van der Waals surface area (Å²) in [6.45, 7) is 5.98. The Kier molecular flexibility index (Phi) is 5.38. The van der Waals surface area contributed by atoms with Crippen molar-refractivity contribution in [2.45, 2.75) is 32.3 Å². The first-order valence-electron chi connectivity index (χ1n) is 8.45. The first kappa shape index (κ1) is 16.5. The fourth-order valence-corrected chi connectivity index (χ4v) is 3.79. The van der Waals surface area contributed by atoms with Crippen LogP contribution >= 0.6 is 11.6 Å². The summed E-state index contributed by atoms with van der Waals surface area (Å²) >= 11 is 6.21. The van der Waals surface area contributed by atoms with Crippen LogP contribution < -0.4 is 4.90 Å². The van der Waals surface area contributed by atoms with Crippen LogP contribution in [0.15, 0.2) is 18.5 Å². The predicted octanol–water partition coefficient (Wildman–Crippen LogP) is 2.59. The number of carbonyl (C=O) groups excluding carboxylic acids is 1. The Hall–Kier alpha value is -1.33. The number of piperazine rings is 1. The van der Waals surface area contributed by atoms with Crippen LogP contribution in [-0.2, 0) is 9.53 Å². The molecule has 23 heavy (non-hydrogen) atoms. The van der Waals surface area contributed by atoms with E-state index in [2.05, 4.69) is 16.8 Å². The zero-order valence-corrected chi connectivity index (χ0v) is 14.3. The van der Waals surface area contributed by atoms with Crippen molar-refractivity contribution in [3.8, 4) is 0 Å². The molecule has 5 nitrogen and oxygen atoms in total. The second kappa shape index (κ2) is 7.49. The number of ether oxygens (including phenoxy) is 1. The van der Waals surface area contributed by atoms with Gasteiger partial charge in [-0.2, -0.15) is 0 Å². The van der Waals surface area contributed by atoms with Crippen LogP contribution in [0.5, 0.6) is 0 Å². The van der Waals surface area contributed by atoms with E-state index >= 15 is 0 Å². The van der Waals surface area contributed by atoms with Crippen LogP contribution in [0.2, 0.25) is 5.02 Å². The van der Waals surface area contributed by atoms with E-state index in [0.717, 1.165) is 57.7 Å². The molecule has 1 aromatic rings. The van der Waals surface area contributed by atoms with Gasteiger partial charge < -0.3 is 14.5 Å². The fraction of sp³-hybridized carbons (Fsp3) is 0.647. The van der Waals surface area contributed by atoms with Crippen LogP contribution in [0.25, 0.3) is 0 Å². The molecule has 0 radical (unpaired) electrons. The second-order valence-corrected chi connectivity index (χ2v) is 6.61. The minimum absolute atomic E-state index is 0.0322. The molecule has 1 aromatic heterocycles. The molecule has 0 aromatic carbocycles. The average Bonchev–Trinajstić information content (AvgIpc) is 2.61. The zero-order valence-electron chi connectivity index (χ0n) is 13.6. The van der Waals surface area contributed by atoms with E-state index in [4.69, 9.17) is 16.3 Å². The molecule has 2 atom stereocenters. The van der Waals surface area contributed by atoms with Crippen LogP contribution in [0.1, 0.15) is 26.2 Å². The van der Waals surface area contributed by atoms with E-state index in [1.165, 1.54) is 0 Å². The Labute approximate surface area is 142 Å². The molecule has 126 valence electrons. The number of nitrogens with zero attached hydrogens (tertiary/aromatic N) is 3. The molecule has 0 saturated carbocycles. The number of hydrogen-bond donors (Lipinski definition) is 0. The lowest BCUT2D eigenvalue weighted by Gasteiger charge is -2.40. The summed E-state index contributed by atoms with van der Waals surface area (Å²) < 4.78 is 5.78. The summed E-state index contributed by atoms with van der Waals surface area (Å²) in [4.78, 5) is 21.1. The molecule has 6 heteroatoms. The van der Waals surface area contributed by atoms with Crippen LogP contribution in [0, 0.1) is 5.92 Å². The smallest absolute Gasteiger partial charge is 0.228 e. The molecule has 3 rings (SSSR count). The van der Waals surface area contributed by atoms with Gasteiger partial charge in [0.2, 0.25) is 5.91 Å². The standard InChI is InChI=1S/C17H24ClN3O2/c1-2-16-13(4-3-11-23-16)17(22)21-9-7-20(8-10-21)15-5-6-19-12-14(15)18/h5-6,12-13,16H,2-4,7-11H2,1H3/t13-,16+/m1/s1. The molecule has 0 spiro atoms. The van der Waals surface area contributed by atoms with Gasteiger partial charge in [0.05, 0.1) is 22.7 Å². The highest BCUT2D eigenvalue weighted by Crippen LogP contribution is 2.28. The molecule has 2 saturated heterocycles. The van der Waals surface area contributed by atoms with E-state index in [1.54, 1.807) is 12.4 Å². The first-order chi connectivity index (χ1) is 11.2. The van der Waals surface area contributed by atoms with Crippen molar-refractivity contribution in [1.82, 2.24) is 9.88 Å². The Bertz CT molecular complexity index is 546. The third-order valence-electron chi connectivity index (χ3n) is 4.84. The van der Waals surface area contributed by atoms with Gasteiger partial charge in [-0.05, 0) is 25.3 Å². The van der Waals surface area contributed by atoms with Gasteiger partial charge in [0.15, 0.2) is 0 Å². The Morgan fingerprint density at radius 2 is 2.17 bits per heavy atom. The molecular weight excluding hydrogens is 314 g/mol. The maximum atomic E-state index is 12.8. The summed E-state index contributed by atoms with van der Waals surface area (Å²) in [6.07, 6.45) is 6.35. The van der Waals surface area contributed by atoms with Gasteiger partial charge in [-0.25, -0.2) is 0 Å². The van der Waals surface area contributed by atoms with Crippen LogP contribution in [0.4, 0.5) is 5.69 Å². The highest BCUT2D eigenvalue weighted by atomic mass is 35.5. The molecule has 1 amide bonds. The summed E-state index contributed by atoms with van der Waals surface area (Å²) in [7, 11) is 0. The van der Waals surface area contributed by atoms with Crippen molar-refractivity contribution in [3.05, 3.63) is 23.5 Å². The molecule has 0 N–H and O–H groups in total. The SMILES string of the molecule is CC[C@@H]1OCCC[C@H]1C(=O)N1CCN(c2ccncc2Cl)CC1. The molecule has 3 heterocycles. The summed E-state index contributed by atoms with van der Waals surface area (Å²) in [5, 5.41) is 0.666. The highest BCUT2D eigenvalue weighted by molar-refractivity contribution is 6.33. The van der Waals surface area contributed by atoms with Crippen LogP contribution in [0.3, 0.4) is 0 Å². The zero-order chi connectivity index (χ0) is 16.2. The average molecular weight is 338 g/mol. The summed E-state index contributed by atoms with van der Waals surface area (Å²) in [5.74, 6) is 0.293. The molecule has 2 fully saturated rings. The lowest BCUT2D eigenvalue weighted by atomic mass is 9.91. The normalized spacial score (nSPS) is 25.5. The van der Waals surface area contributed by atoms with E-state index in [-0.39, 0.29) is 17.9 Å². The Morgan fingerprint density at radius 1 is 1.39 bits per heavy atom. The van der Waals surface area contributed by atoms with E-state index in [0.29, 0.717) is 5.02 Å². The third kappa shape index (κ3) is 3.61. The van der Waals surface area contributed by atoms with Gasteiger partial charge in [-0.1, -0.05) is 18.5 Å². The first-order valence-corrected chi connectivity index (χ1v) is 8.83. The molecule has 0 aliphatic carbocycles. The van der Waals surface area contributed by atoms with Gasteiger partial charge in [0.25, 0.3) is 0 Å². The van der Waals surface area contributed by atoms with E-state index in [9.17, 15) is 4.79 Å². The molecular formula is C17H24ClN3O2. The van der Waals surface area contributed by atoms with Crippen LogP contribution in [-0.4, -0.2) is 54.7 Å². The lowest BCUT2D eigenvalue weighted by molar-refractivity contribution is -0.145. The second-order valence-electron chi connectivity index (χ2n) is 6.21. The number of amides is 1. The largest absolute Gasteiger partial charge is 0.377 e. The maximum Gasteiger partial charge on any atom is 0.228 e. The number of anilines is 1. The molecule has 0 bridgehead atoms.